The fourth-order valence-corrected chi connectivity index (χ4v) is 9.07. The van der Waals surface area contributed by atoms with Gasteiger partial charge in [-0.15, -0.1) is 0 Å². The summed E-state index contributed by atoms with van der Waals surface area (Å²) in [5, 5.41) is 28.7. The molecule has 0 atom stereocenters. The van der Waals surface area contributed by atoms with Gasteiger partial charge < -0.3 is 0 Å². The summed E-state index contributed by atoms with van der Waals surface area (Å²) in [5.74, 6) is 0. The summed E-state index contributed by atoms with van der Waals surface area (Å²) in [6, 6.07) is 63.0. The maximum Gasteiger partial charge on any atom is 0.187 e. The highest BCUT2D eigenvalue weighted by Gasteiger charge is 2.18. The number of benzene rings is 11. The van der Waals surface area contributed by atoms with Crippen LogP contribution >= 0.6 is 0 Å². The largest absolute Gasteiger partial charge is 0.238 e. The van der Waals surface area contributed by atoms with Gasteiger partial charge in [0.25, 0.3) is 0 Å². The highest BCUT2D eigenvalue weighted by atomic mass is 14.6. The van der Waals surface area contributed by atoms with E-state index in [9.17, 15) is 5.26 Å². The molecule has 0 amide bonds. The minimum atomic E-state index is 0.655. The number of hydrogen-bond acceptors (Lipinski definition) is 1. The first-order valence-corrected chi connectivity index (χ1v) is 18.2. The van der Waals surface area contributed by atoms with Gasteiger partial charge >= 0.3 is 0 Å². The molecule has 0 aliphatic carbocycles. The standard InChI is InChI=1S/C52H28N2/c1-54-34-23-25-44-48(27-34)36-11-3-5-13-38(36)50-29-46(40-15-7-9-17-42(40)52(44)50)33-21-19-32(20-22-33)45-28-49-37-12-4-2-10-35(37)47-26-31(30-53)18-24-43(47)51(49)41-16-8-6-14-39(41)45/h2-29H. The van der Waals surface area contributed by atoms with E-state index in [2.05, 4.69) is 157 Å². The Morgan fingerprint density at radius 2 is 0.741 bits per heavy atom. The second-order valence-corrected chi connectivity index (χ2v) is 14.2. The quantitative estimate of drug-likeness (QED) is 0.132. The van der Waals surface area contributed by atoms with Crippen LogP contribution in [0, 0.1) is 17.9 Å². The SMILES string of the molecule is [C-]#[N+]c1ccc2c(c1)c1ccccc1c1cc(-c3ccc(-c4cc5c6ccccc6c6cc(C#N)ccc6c5c5ccccc45)cc3)c3ccccc3c21. The van der Waals surface area contributed by atoms with Crippen molar-refractivity contribution in [3.8, 4) is 28.3 Å². The molecule has 2 nitrogen and oxygen atoms in total. The van der Waals surface area contributed by atoms with Crippen molar-refractivity contribution >= 4 is 91.9 Å². The smallest absolute Gasteiger partial charge is 0.187 e. The van der Waals surface area contributed by atoms with Gasteiger partial charge in [-0.25, -0.2) is 4.85 Å². The number of nitriles is 1. The van der Waals surface area contributed by atoms with Crippen LogP contribution in [0.5, 0.6) is 0 Å². The zero-order valence-corrected chi connectivity index (χ0v) is 29.1. The maximum absolute atomic E-state index is 9.75. The fraction of sp³-hybridized carbons (Fsp3) is 0. The molecule has 0 aromatic heterocycles. The zero-order valence-electron chi connectivity index (χ0n) is 29.1. The van der Waals surface area contributed by atoms with Gasteiger partial charge in [0.1, 0.15) is 0 Å². The van der Waals surface area contributed by atoms with E-state index in [1.807, 2.05) is 24.3 Å². The average molecular weight is 681 g/mol. The molecule has 0 aliphatic heterocycles. The minimum absolute atomic E-state index is 0.655. The summed E-state index contributed by atoms with van der Waals surface area (Å²) in [6.45, 7) is 7.68. The van der Waals surface area contributed by atoms with Crippen LogP contribution in [0.4, 0.5) is 5.69 Å². The highest BCUT2D eigenvalue weighted by molar-refractivity contribution is 6.34. The lowest BCUT2D eigenvalue weighted by Gasteiger charge is -2.17. The monoisotopic (exact) mass is 680 g/mol. The highest BCUT2D eigenvalue weighted by Crippen LogP contribution is 2.46. The summed E-state index contributed by atoms with van der Waals surface area (Å²) in [7, 11) is 0. The van der Waals surface area contributed by atoms with E-state index >= 15 is 0 Å². The van der Waals surface area contributed by atoms with E-state index in [-0.39, 0.29) is 0 Å². The van der Waals surface area contributed by atoms with E-state index in [1.54, 1.807) is 0 Å². The lowest BCUT2D eigenvalue weighted by Crippen LogP contribution is -1.90. The summed E-state index contributed by atoms with van der Waals surface area (Å²) >= 11 is 0. The summed E-state index contributed by atoms with van der Waals surface area (Å²) in [6.07, 6.45) is 0. The van der Waals surface area contributed by atoms with Crippen molar-refractivity contribution in [3.63, 3.8) is 0 Å². The first-order valence-electron chi connectivity index (χ1n) is 18.2. The van der Waals surface area contributed by atoms with Crippen LogP contribution in [-0.2, 0) is 0 Å². The van der Waals surface area contributed by atoms with Gasteiger partial charge in [0.05, 0.1) is 18.2 Å². The second-order valence-electron chi connectivity index (χ2n) is 14.2. The molecule has 0 saturated carbocycles. The molecule has 0 spiro atoms. The predicted octanol–water partition coefficient (Wildman–Crippen LogP) is 14.7. The van der Waals surface area contributed by atoms with E-state index in [1.165, 1.54) is 75.9 Å². The molecule has 11 aromatic rings. The first-order chi connectivity index (χ1) is 26.7. The third kappa shape index (κ3) is 4.26. The number of rotatable bonds is 2. The molecule has 54 heavy (non-hydrogen) atoms. The Balaban J connectivity index is 1.15. The molecule has 0 aliphatic rings. The third-order valence-electron chi connectivity index (χ3n) is 11.4. The van der Waals surface area contributed by atoms with Crippen molar-refractivity contribution in [3.05, 3.63) is 187 Å². The van der Waals surface area contributed by atoms with Crippen molar-refractivity contribution in [2.75, 3.05) is 0 Å². The molecular weight excluding hydrogens is 653 g/mol. The number of nitrogens with zero attached hydrogens (tertiary/aromatic N) is 2. The lowest BCUT2D eigenvalue weighted by atomic mass is 9.86. The van der Waals surface area contributed by atoms with Crippen molar-refractivity contribution in [2.45, 2.75) is 0 Å². The molecule has 0 fully saturated rings. The van der Waals surface area contributed by atoms with Gasteiger partial charge in [-0.2, -0.15) is 5.26 Å². The van der Waals surface area contributed by atoms with Crippen molar-refractivity contribution < 1.29 is 0 Å². The molecule has 0 bridgehead atoms. The molecule has 11 aromatic carbocycles. The van der Waals surface area contributed by atoms with Crippen LogP contribution < -0.4 is 0 Å². The van der Waals surface area contributed by atoms with Crippen LogP contribution in [0.1, 0.15) is 5.56 Å². The number of fused-ring (bicyclic) bond motifs is 16. The van der Waals surface area contributed by atoms with E-state index in [4.69, 9.17) is 6.57 Å². The second kappa shape index (κ2) is 11.5. The van der Waals surface area contributed by atoms with Crippen LogP contribution in [-0.4, -0.2) is 0 Å². The van der Waals surface area contributed by atoms with Crippen molar-refractivity contribution in [2.24, 2.45) is 0 Å². The average Bonchev–Trinajstić information content (AvgIpc) is 3.25. The predicted molar refractivity (Wildman–Crippen MR) is 228 cm³/mol. The molecule has 2 heteroatoms. The van der Waals surface area contributed by atoms with Gasteiger partial charge in [-0.3, -0.25) is 0 Å². The number of hydrogen-bond donors (Lipinski definition) is 0. The molecule has 0 heterocycles. The Morgan fingerprint density at radius 1 is 0.352 bits per heavy atom. The zero-order chi connectivity index (χ0) is 35.9. The molecule has 11 rings (SSSR count). The summed E-state index contributed by atoms with van der Waals surface area (Å²) in [5.41, 5.74) is 6.05. The van der Waals surface area contributed by atoms with Gasteiger partial charge in [-0.1, -0.05) is 140 Å². The third-order valence-corrected chi connectivity index (χ3v) is 11.4. The summed E-state index contributed by atoms with van der Waals surface area (Å²) in [4.78, 5) is 3.76. The molecule has 0 unspecified atom stereocenters. The molecular formula is C52H28N2. The molecule has 0 radical (unpaired) electrons. The molecule has 0 saturated heterocycles. The summed E-state index contributed by atoms with van der Waals surface area (Å²) < 4.78 is 0. The van der Waals surface area contributed by atoms with Crippen LogP contribution in [0.3, 0.4) is 0 Å². The van der Waals surface area contributed by atoms with Gasteiger partial charge in [0, 0.05) is 0 Å². The van der Waals surface area contributed by atoms with Crippen LogP contribution in [0.2, 0.25) is 0 Å². The topological polar surface area (TPSA) is 28.1 Å². The first kappa shape index (κ1) is 30.1. The van der Waals surface area contributed by atoms with Gasteiger partial charge in [0.15, 0.2) is 5.69 Å². The van der Waals surface area contributed by atoms with Crippen molar-refractivity contribution in [1.82, 2.24) is 0 Å². The Hall–Kier alpha value is -7.52. The minimum Gasteiger partial charge on any atom is -0.238 e. The normalized spacial score (nSPS) is 11.7. The van der Waals surface area contributed by atoms with Crippen LogP contribution in [0.25, 0.3) is 113 Å². The van der Waals surface area contributed by atoms with E-state index in [0.717, 1.165) is 32.5 Å². The van der Waals surface area contributed by atoms with Gasteiger partial charge in [-0.05, 0) is 139 Å². The Morgan fingerprint density at radius 3 is 1.20 bits per heavy atom. The molecule has 0 N–H and O–H groups in total. The van der Waals surface area contributed by atoms with E-state index in [0.29, 0.717) is 11.3 Å². The van der Waals surface area contributed by atoms with E-state index < -0.39 is 0 Å². The van der Waals surface area contributed by atoms with Gasteiger partial charge in [0.2, 0.25) is 0 Å². The van der Waals surface area contributed by atoms with Crippen LogP contribution in [0.15, 0.2) is 170 Å². The lowest BCUT2D eigenvalue weighted by molar-refractivity contribution is 1.50. The fourth-order valence-electron chi connectivity index (χ4n) is 9.07. The Labute approximate surface area is 311 Å². The Bertz CT molecular complexity index is 3270. The maximum atomic E-state index is 9.75. The Kier molecular flexibility index (Phi) is 6.41. The van der Waals surface area contributed by atoms with Crippen molar-refractivity contribution in [1.29, 1.82) is 5.26 Å². The molecule has 246 valence electrons.